The topological polar surface area (TPSA) is 76.8 Å². The van der Waals surface area contributed by atoms with Crippen molar-refractivity contribution in [1.82, 2.24) is 0 Å². The Labute approximate surface area is 203 Å². The number of rotatable bonds is 10. The second-order valence-electron chi connectivity index (χ2n) is 9.03. The molecule has 0 bridgehead atoms. The van der Waals surface area contributed by atoms with E-state index in [4.69, 9.17) is 21.5 Å². The van der Waals surface area contributed by atoms with Gasteiger partial charge in [-0.25, -0.2) is 9.38 Å². The number of aliphatic imine (C=N–C) groups is 2. The van der Waals surface area contributed by atoms with Crippen molar-refractivity contribution >= 4 is 11.4 Å². The van der Waals surface area contributed by atoms with E-state index in [0.29, 0.717) is 29.4 Å². The summed E-state index contributed by atoms with van der Waals surface area (Å²) in [7, 11) is 0. The van der Waals surface area contributed by atoms with E-state index >= 15 is 0 Å². The summed E-state index contributed by atoms with van der Waals surface area (Å²) in [6.45, 7) is 10.4. The molecule has 1 fully saturated rings. The molecule has 3 rings (SSSR count). The van der Waals surface area contributed by atoms with Gasteiger partial charge in [-0.2, -0.15) is 0 Å². The fourth-order valence-electron chi connectivity index (χ4n) is 4.04. The molecule has 1 aliphatic heterocycles. The number of nitrogens with two attached hydrogens (primary N) is 2. The van der Waals surface area contributed by atoms with Crippen molar-refractivity contribution in [3.05, 3.63) is 94.8 Å². The van der Waals surface area contributed by atoms with Crippen LogP contribution in [0.5, 0.6) is 0 Å². The lowest BCUT2D eigenvalue weighted by Gasteiger charge is -2.19. The first-order valence-electron chi connectivity index (χ1n) is 12.2. The van der Waals surface area contributed by atoms with Crippen molar-refractivity contribution < 1.29 is 4.39 Å². The van der Waals surface area contributed by atoms with Gasteiger partial charge in [-0.1, -0.05) is 75.4 Å². The van der Waals surface area contributed by atoms with Crippen LogP contribution in [0.25, 0.3) is 0 Å². The summed E-state index contributed by atoms with van der Waals surface area (Å²) in [4.78, 5) is 9.68. The molecule has 1 unspecified atom stereocenters. The predicted octanol–water partition coefficient (Wildman–Crippen LogP) is 6.53. The smallest absolute Gasteiger partial charge is 0.128 e. The first kappa shape index (κ1) is 25.4. The van der Waals surface area contributed by atoms with E-state index in [1.165, 1.54) is 11.6 Å². The molecule has 4 nitrogen and oxygen atoms in total. The summed E-state index contributed by atoms with van der Waals surface area (Å²) >= 11 is 0. The van der Waals surface area contributed by atoms with E-state index in [2.05, 4.69) is 33.4 Å². The van der Waals surface area contributed by atoms with Crippen LogP contribution in [0.2, 0.25) is 0 Å². The number of halogens is 1. The molecule has 1 aromatic carbocycles. The zero-order chi connectivity index (χ0) is 24.7. The Morgan fingerprint density at radius 2 is 2.03 bits per heavy atom. The largest absolute Gasteiger partial charge is 0.397 e. The first-order valence-corrected chi connectivity index (χ1v) is 12.2. The summed E-state index contributed by atoms with van der Waals surface area (Å²) < 4.78 is 14.3. The third-order valence-electron chi connectivity index (χ3n) is 6.51. The number of allylic oxidation sites excluding steroid dienone is 8. The van der Waals surface area contributed by atoms with Gasteiger partial charge in [0.25, 0.3) is 0 Å². The highest BCUT2D eigenvalue weighted by Crippen LogP contribution is 2.40. The highest BCUT2D eigenvalue weighted by atomic mass is 19.1. The Hall–Kier alpha value is -3.21. The normalized spacial score (nSPS) is 18.9. The van der Waals surface area contributed by atoms with Gasteiger partial charge in [0.1, 0.15) is 11.6 Å². The van der Waals surface area contributed by atoms with E-state index < -0.39 is 0 Å². The van der Waals surface area contributed by atoms with E-state index in [0.717, 1.165) is 48.3 Å². The van der Waals surface area contributed by atoms with Gasteiger partial charge >= 0.3 is 0 Å². The van der Waals surface area contributed by atoms with Crippen molar-refractivity contribution in [2.75, 3.05) is 0 Å². The van der Waals surface area contributed by atoms with E-state index in [1.54, 1.807) is 18.2 Å². The highest BCUT2D eigenvalue weighted by molar-refractivity contribution is 6.13. The quantitative estimate of drug-likeness (QED) is 0.308. The molecule has 0 aromatic heterocycles. The molecule has 1 heterocycles. The molecule has 4 N–H and O–H groups in total. The maximum absolute atomic E-state index is 14.3. The molecule has 1 aromatic rings. The Morgan fingerprint density at radius 3 is 2.65 bits per heavy atom. The third-order valence-corrected chi connectivity index (χ3v) is 6.51. The van der Waals surface area contributed by atoms with Crippen LogP contribution >= 0.6 is 0 Å². The number of hydrogen-bond donors (Lipinski definition) is 2. The number of benzene rings is 1. The van der Waals surface area contributed by atoms with Gasteiger partial charge < -0.3 is 11.5 Å². The number of hydrogen-bond acceptors (Lipinski definition) is 4. The monoisotopic (exact) mass is 460 g/mol. The maximum Gasteiger partial charge on any atom is 0.128 e. The molecule has 1 saturated carbocycles. The average molecular weight is 461 g/mol. The molecule has 180 valence electrons. The van der Waals surface area contributed by atoms with Crippen LogP contribution in [0.4, 0.5) is 4.39 Å². The zero-order valence-corrected chi connectivity index (χ0v) is 20.7. The number of nitrogens with zero attached hydrogens (tertiary/aromatic N) is 2. The minimum absolute atomic E-state index is 0.122. The van der Waals surface area contributed by atoms with Crippen LogP contribution in [-0.4, -0.2) is 11.4 Å². The van der Waals surface area contributed by atoms with Gasteiger partial charge in [-0.3, -0.25) is 4.99 Å². The van der Waals surface area contributed by atoms with Crippen molar-refractivity contribution in [2.24, 2.45) is 33.3 Å². The van der Waals surface area contributed by atoms with Gasteiger partial charge in [-0.15, -0.1) is 0 Å². The van der Waals surface area contributed by atoms with Gasteiger partial charge in [-0.05, 0) is 49.2 Å². The lowest BCUT2D eigenvalue weighted by molar-refractivity contribution is 0.610. The molecular formula is C29H37FN4. The maximum atomic E-state index is 14.3. The zero-order valence-electron chi connectivity index (χ0n) is 20.7. The Kier molecular flexibility index (Phi) is 8.80. The van der Waals surface area contributed by atoms with Crippen LogP contribution in [-0.2, 0) is 6.54 Å². The molecule has 5 heteroatoms. The molecule has 0 radical (unpaired) electrons. The SMILES string of the molecule is C=C/C=C\C(C(=NCc1ccccc1F)C(C)CC)=C(N)C1=NC(N)=C(C2CC2)C=C(CC)C1. The fourth-order valence-corrected chi connectivity index (χ4v) is 4.04. The van der Waals surface area contributed by atoms with E-state index in [1.807, 2.05) is 18.2 Å². The third kappa shape index (κ3) is 6.22. The van der Waals surface area contributed by atoms with Gasteiger partial charge in [0.2, 0.25) is 0 Å². The summed E-state index contributed by atoms with van der Waals surface area (Å²) in [5, 5.41) is 0. The fraction of sp³-hybridized carbons (Fsp3) is 0.379. The predicted molar refractivity (Wildman–Crippen MR) is 142 cm³/mol. The molecular weight excluding hydrogens is 423 g/mol. The van der Waals surface area contributed by atoms with Crippen molar-refractivity contribution in [2.45, 2.75) is 59.4 Å². The highest BCUT2D eigenvalue weighted by Gasteiger charge is 2.29. The van der Waals surface area contributed by atoms with Crippen LogP contribution in [0.15, 0.2) is 93.4 Å². The van der Waals surface area contributed by atoms with Crippen LogP contribution < -0.4 is 11.5 Å². The van der Waals surface area contributed by atoms with Gasteiger partial charge in [0, 0.05) is 23.3 Å². The Balaban J connectivity index is 2.12. The summed E-state index contributed by atoms with van der Waals surface area (Å²) in [6, 6.07) is 6.73. The van der Waals surface area contributed by atoms with Crippen molar-refractivity contribution in [1.29, 1.82) is 0 Å². The van der Waals surface area contributed by atoms with Crippen molar-refractivity contribution in [3.8, 4) is 0 Å². The molecule has 2 aliphatic rings. The first-order chi connectivity index (χ1) is 16.4. The Morgan fingerprint density at radius 1 is 1.29 bits per heavy atom. The average Bonchev–Trinajstić information content (AvgIpc) is 3.68. The molecule has 0 saturated heterocycles. The molecule has 1 aliphatic carbocycles. The summed E-state index contributed by atoms with van der Waals surface area (Å²) in [5.41, 5.74) is 19.2. The molecule has 0 amide bonds. The van der Waals surface area contributed by atoms with Crippen LogP contribution in [0.1, 0.15) is 58.4 Å². The van der Waals surface area contributed by atoms with Gasteiger partial charge in [0.15, 0.2) is 0 Å². The molecule has 1 atom stereocenters. The minimum Gasteiger partial charge on any atom is -0.397 e. The lowest BCUT2D eigenvalue weighted by atomic mass is 9.91. The van der Waals surface area contributed by atoms with E-state index in [-0.39, 0.29) is 18.3 Å². The second-order valence-corrected chi connectivity index (χ2v) is 9.03. The van der Waals surface area contributed by atoms with Gasteiger partial charge in [0.05, 0.1) is 18.0 Å². The van der Waals surface area contributed by atoms with Crippen LogP contribution in [0.3, 0.4) is 0 Å². The summed E-state index contributed by atoms with van der Waals surface area (Å²) in [5.74, 6) is 0.931. The minimum atomic E-state index is -0.258. The molecule has 34 heavy (non-hydrogen) atoms. The lowest BCUT2D eigenvalue weighted by Crippen LogP contribution is -2.22. The van der Waals surface area contributed by atoms with E-state index in [9.17, 15) is 4.39 Å². The Bertz CT molecular complexity index is 1100. The molecule has 0 spiro atoms. The second kappa shape index (κ2) is 11.8. The van der Waals surface area contributed by atoms with Crippen molar-refractivity contribution in [3.63, 3.8) is 0 Å². The standard InChI is InChI=1S/C29H37FN4/c1-5-8-12-23(28(19(4)6-2)33-18-22-11-9-10-13-25(22)30)27(31)26-17-20(7-3)16-24(21-14-15-21)29(32)34-26/h5,8-13,16,19,21H,1,6-7,14-15,17-18,31-32H2,2-4H3/b12-8-,27-23?,33-28?. The summed E-state index contributed by atoms with van der Waals surface area (Å²) in [6.07, 6.45) is 12.5. The van der Waals surface area contributed by atoms with Crippen LogP contribution in [0, 0.1) is 17.7 Å².